The molecule has 0 radical (unpaired) electrons. The van der Waals surface area contributed by atoms with E-state index in [0.29, 0.717) is 46.4 Å². The van der Waals surface area contributed by atoms with Crippen LogP contribution in [0.3, 0.4) is 0 Å². The molecule has 0 amide bonds. The molecule has 1 N–H and O–H groups in total. The molecule has 2 aromatic carbocycles. The number of carboxylic acids is 1. The molecule has 2 saturated heterocycles. The van der Waals surface area contributed by atoms with Crippen molar-refractivity contribution in [3.63, 3.8) is 0 Å². The van der Waals surface area contributed by atoms with Gasteiger partial charge in [-0.1, -0.05) is 29.0 Å². The van der Waals surface area contributed by atoms with Crippen LogP contribution in [-0.4, -0.2) is 78.9 Å². The van der Waals surface area contributed by atoms with Crippen molar-refractivity contribution in [2.24, 2.45) is 0 Å². The van der Waals surface area contributed by atoms with E-state index in [1.165, 1.54) is 23.5 Å². The van der Waals surface area contributed by atoms with Gasteiger partial charge in [-0.25, -0.2) is 4.98 Å². The van der Waals surface area contributed by atoms with Gasteiger partial charge < -0.3 is 24.2 Å². The van der Waals surface area contributed by atoms with Gasteiger partial charge in [-0.2, -0.15) is 0 Å². The molecule has 13 heteroatoms. The summed E-state index contributed by atoms with van der Waals surface area (Å²) in [4.78, 5) is 20.4. The second kappa shape index (κ2) is 12.0. The van der Waals surface area contributed by atoms with Gasteiger partial charge in [0, 0.05) is 37.8 Å². The number of aromatic nitrogens is 1. The van der Waals surface area contributed by atoms with Crippen molar-refractivity contribution >= 4 is 44.3 Å². The number of benzene rings is 2. The first-order valence-electron chi connectivity index (χ1n) is 13.0. The summed E-state index contributed by atoms with van der Waals surface area (Å²) in [5, 5.41) is 10.3. The standard InChI is InChI=1S/C27H29ClF3N3O5S/c28-20-3-1-18(16-24(35)36)15-22(20)38-12-7-26(34-10-13-37-14-11-34)5-8-33(9-6-26)25-32-21-4-2-19(17-23(21)40-25)39-27(29,30)31/h1-4,15,17H,5-14,16H2,(H,35,36). The van der Waals surface area contributed by atoms with Crippen molar-refractivity contribution in [1.82, 2.24) is 9.88 Å². The summed E-state index contributed by atoms with van der Waals surface area (Å²) in [6.45, 7) is 4.84. The van der Waals surface area contributed by atoms with Gasteiger partial charge in [-0.15, -0.1) is 13.2 Å². The predicted molar refractivity (Wildman–Crippen MR) is 146 cm³/mol. The molecular weight excluding hydrogens is 571 g/mol. The molecule has 0 saturated carbocycles. The topological polar surface area (TPSA) is 84.4 Å². The largest absolute Gasteiger partial charge is 0.573 e. The van der Waals surface area contributed by atoms with Gasteiger partial charge in [0.05, 0.1) is 41.5 Å². The maximum atomic E-state index is 12.6. The lowest BCUT2D eigenvalue weighted by Gasteiger charge is -2.50. The van der Waals surface area contributed by atoms with E-state index in [4.69, 9.17) is 26.2 Å². The normalized spacial score (nSPS) is 18.1. The number of fused-ring (bicyclic) bond motifs is 1. The number of aliphatic carboxylic acids is 1. The molecule has 8 nitrogen and oxygen atoms in total. The number of rotatable bonds is 9. The third kappa shape index (κ3) is 6.91. The Bertz CT molecular complexity index is 1340. The van der Waals surface area contributed by atoms with Crippen molar-refractivity contribution in [3.05, 3.63) is 47.0 Å². The molecule has 2 aliphatic heterocycles. The summed E-state index contributed by atoms with van der Waals surface area (Å²) < 4.78 is 54.3. The van der Waals surface area contributed by atoms with Crippen LogP contribution in [0.4, 0.5) is 18.3 Å². The van der Waals surface area contributed by atoms with Crippen molar-refractivity contribution in [1.29, 1.82) is 0 Å². The lowest BCUT2D eigenvalue weighted by molar-refractivity contribution is -0.274. The van der Waals surface area contributed by atoms with Gasteiger partial charge in [0.15, 0.2) is 5.13 Å². The van der Waals surface area contributed by atoms with Crippen molar-refractivity contribution in [2.75, 3.05) is 50.9 Å². The van der Waals surface area contributed by atoms with Gasteiger partial charge in [0.25, 0.3) is 0 Å². The fraction of sp³-hybridized carbons (Fsp3) is 0.481. The Morgan fingerprint density at radius 3 is 2.58 bits per heavy atom. The maximum absolute atomic E-state index is 12.6. The van der Waals surface area contributed by atoms with E-state index in [9.17, 15) is 18.0 Å². The second-order valence-electron chi connectivity index (χ2n) is 9.92. The number of carbonyl (C=O) groups is 1. The Morgan fingerprint density at radius 1 is 1.12 bits per heavy atom. The first kappa shape index (κ1) is 28.7. The third-order valence-corrected chi connectivity index (χ3v) is 8.80. The molecule has 0 bridgehead atoms. The quantitative estimate of drug-likeness (QED) is 0.340. The van der Waals surface area contributed by atoms with Gasteiger partial charge >= 0.3 is 12.3 Å². The van der Waals surface area contributed by atoms with E-state index in [2.05, 4.69) is 19.5 Å². The van der Waals surface area contributed by atoms with Crippen LogP contribution in [0, 0.1) is 0 Å². The van der Waals surface area contributed by atoms with Crippen LogP contribution in [0.25, 0.3) is 10.2 Å². The van der Waals surface area contributed by atoms with Crippen LogP contribution < -0.4 is 14.4 Å². The first-order valence-corrected chi connectivity index (χ1v) is 14.2. The van der Waals surface area contributed by atoms with Gasteiger partial charge in [0.2, 0.25) is 0 Å². The minimum absolute atomic E-state index is 0.108. The molecule has 0 aliphatic carbocycles. The number of alkyl halides is 3. The summed E-state index contributed by atoms with van der Waals surface area (Å²) >= 11 is 7.68. The molecular formula is C27H29ClF3N3O5S. The molecule has 40 heavy (non-hydrogen) atoms. The number of carboxylic acid groups (broad SMARTS) is 1. The van der Waals surface area contributed by atoms with Crippen LogP contribution >= 0.6 is 22.9 Å². The molecule has 0 unspecified atom stereocenters. The van der Waals surface area contributed by atoms with Gasteiger partial charge in [-0.05, 0) is 49.1 Å². The highest BCUT2D eigenvalue weighted by Crippen LogP contribution is 2.39. The van der Waals surface area contributed by atoms with E-state index in [0.717, 1.165) is 50.6 Å². The number of halogens is 4. The van der Waals surface area contributed by atoms with Gasteiger partial charge in [-0.3, -0.25) is 9.69 Å². The van der Waals surface area contributed by atoms with E-state index < -0.39 is 12.3 Å². The van der Waals surface area contributed by atoms with Crippen LogP contribution in [0.2, 0.25) is 5.02 Å². The number of anilines is 1. The average Bonchev–Trinajstić information content (AvgIpc) is 3.33. The zero-order chi connectivity index (χ0) is 28.3. The number of piperidine rings is 1. The van der Waals surface area contributed by atoms with Crippen molar-refractivity contribution in [2.45, 2.75) is 37.6 Å². The highest BCUT2D eigenvalue weighted by atomic mass is 35.5. The minimum Gasteiger partial charge on any atom is -0.492 e. The lowest BCUT2D eigenvalue weighted by Crippen LogP contribution is -2.59. The predicted octanol–water partition coefficient (Wildman–Crippen LogP) is 5.62. The monoisotopic (exact) mass is 599 g/mol. The van der Waals surface area contributed by atoms with E-state index >= 15 is 0 Å². The van der Waals surface area contributed by atoms with Gasteiger partial charge in [0.1, 0.15) is 11.5 Å². The van der Waals surface area contributed by atoms with E-state index in [-0.39, 0.29) is 17.7 Å². The number of morpholine rings is 1. The minimum atomic E-state index is -4.74. The molecule has 216 valence electrons. The highest BCUT2D eigenvalue weighted by molar-refractivity contribution is 7.22. The zero-order valence-electron chi connectivity index (χ0n) is 21.6. The second-order valence-corrected chi connectivity index (χ2v) is 11.3. The van der Waals surface area contributed by atoms with E-state index in [1.54, 1.807) is 24.3 Å². The van der Waals surface area contributed by atoms with Crippen LogP contribution in [0.1, 0.15) is 24.8 Å². The molecule has 0 spiro atoms. The number of hydrogen-bond acceptors (Lipinski definition) is 8. The van der Waals surface area contributed by atoms with Crippen molar-refractivity contribution < 1.29 is 37.3 Å². The Balaban J connectivity index is 1.27. The Morgan fingerprint density at radius 2 is 1.88 bits per heavy atom. The summed E-state index contributed by atoms with van der Waals surface area (Å²) in [5.74, 6) is -0.707. The number of nitrogens with zero attached hydrogens (tertiary/aromatic N) is 3. The third-order valence-electron chi connectivity index (χ3n) is 7.40. The molecule has 1 aromatic heterocycles. The molecule has 3 aromatic rings. The van der Waals surface area contributed by atoms with Crippen LogP contribution in [-0.2, 0) is 16.0 Å². The fourth-order valence-electron chi connectivity index (χ4n) is 5.40. The molecule has 2 aliphatic rings. The fourth-order valence-corrected chi connectivity index (χ4v) is 6.61. The molecule has 2 fully saturated rings. The van der Waals surface area contributed by atoms with Crippen molar-refractivity contribution in [3.8, 4) is 11.5 Å². The molecule has 5 rings (SSSR count). The van der Waals surface area contributed by atoms with E-state index in [1.807, 2.05) is 0 Å². The summed E-state index contributed by atoms with van der Waals surface area (Å²) in [7, 11) is 0. The lowest BCUT2D eigenvalue weighted by atomic mass is 9.82. The Labute approximate surface area is 238 Å². The zero-order valence-corrected chi connectivity index (χ0v) is 23.2. The summed E-state index contributed by atoms with van der Waals surface area (Å²) in [6, 6.07) is 9.22. The maximum Gasteiger partial charge on any atom is 0.573 e. The average molecular weight is 600 g/mol. The Kier molecular flexibility index (Phi) is 8.60. The smallest absolute Gasteiger partial charge is 0.492 e. The number of thiazole rings is 1. The molecule has 3 heterocycles. The summed E-state index contributed by atoms with van der Waals surface area (Å²) in [6.07, 6.45) is -2.40. The summed E-state index contributed by atoms with van der Waals surface area (Å²) in [5.41, 5.74) is 1.13. The SMILES string of the molecule is O=C(O)Cc1ccc(Cl)c(OCCC2(N3CCOCC3)CCN(c3nc4ccc(OC(F)(F)F)cc4s3)CC2)c1. The Hall–Kier alpha value is -2.80. The highest BCUT2D eigenvalue weighted by Gasteiger charge is 2.41. The number of hydrogen-bond donors (Lipinski definition) is 1. The number of ether oxygens (including phenoxy) is 3. The molecule has 0 atom stereocenters. The van der Waals surface area contributed by atoms with Crippen LogP contribution in [0.5, 0.6) is 11.5 Å². The first-order chi connectivity index (χ1) is 19.1. The van der Waals surface area contributed by atoms with Crippen LogP contribution in [0.15, 0.2) is 36.4 Å².